The number of hydrogen-bond acceptors (Lipinski definition) is 4. The average molecular weight is 419 g/mol. The topological polar surface area (TPSA) is 89.7 Å². The van der Waals surface area contributed by atoms with Gasteiger partial charge in [-0.15, -0.1) is 0 Å². The molecule has 0 bridgehead atoms. The van der Waals surface area contributed by atoms with E-state index in [1.54, 1.807) is 45.2 Å². The Labute approximate surface area is 173 Å². The molecule has 0 atom stereocenters. The van der Waals surface area contributed by atoms with Gasteiger partial charge in [0, 0.05) is 13.0 Å². The minimum absolute atomic E-state index is 0.0378. The van der Waals surface area contributed by atoms with Gasteiger partial charge in [-0.05, 0) is 60.2 Å². The van der Waals surface area contributed by atoms with Crippen LogP contribution in [0, 0.1) is 13.8 Å². The molecule has 0 saturated carbocycles. The summed E-state index contributed by atoms with van der Waals surface area (Å²) in [5, 5.41) is 0. The number of nitrogens with two attached hydrogens (primary N) is 1. The van der Waals surface area contributed by atoms with Gasteiger partial charge in [-0.25, -0.2) is 8.42 Å². The molecule has 0 saturated heterocycles. The lowest BCUT2D eigenvalue weighted by Crippen LogP contribution is -2.35. The van der Waals surface area contributed by atoms with E-state index in [1.165, 1.54) is 4.31 Å². The molecule has 0 aliphatic rings. The van der Waals surface area contributed by atoms with Crippen molar-refractivity contribution in [3.05, 3.63) is 53.1 Å². The highest BCUT2D eigenvalue weighted by atomic mass is 32.2. The first-order valence-corrected chi connectivity index (χ1v) is 10.9. The van der Waals surface area contributed by atoms with Crippen molar-refractivity contribution in [3.8, 4) is 5.75 Å². The summed E-state index contributed by atoms with van der Waals surface area (Å²) < 4.78 is 33.7. The van der Waals surface area contributed by atoms with E-state index in [4.69, 9.17) is 10.5 Å². The Balaban J connectivity index is 2.61. The highest BCUT2D eigenvalue weighted by Crippen LogP contribution is 2.33. The molecule has 2 rings (SSSR count). The monoisotopic (exact) mass is 418 g/mol. The molecule has 7 heteroatoms. The van der Waals surface area contributed by atoms with E-state index >= 15 is 0 Å². The second kappa shape index (κ2) is 8.45. The Morgan fingerprint density at radius 1 is 1.07 bits per heavy atom. The summed E-state index contributed by atoms with van der Waals surface area (Å²) in [5.41, 5.74) is 8.06. The SMILES string of the molecule is COc1ccc(N(CCC(N)=O)S(=O)(=O)c2c(C)cc(C(C)(C)C)cc2C)cc1. The predicted molar refractivity (Wildman–Crippen MR) is 116 cm³/mol. The summed E-state index contributed by atoms with van der Waals surface area (Å²) in [6.07, 6.45) is -0.0799. The number of anilines is 1. The first-order valence-electron chi connectivity index (χ1n) is 9.44. The van der Waals surface area contributed by atoms with Crippen molar-refractivity contribution in [2.45, 2.75) is 51.3 Å². The fraction of sp³-hybridized carbons (Fsp3) is 0.409. The van der Waals surface area contributed by atoms with Gasteiger partial charge >= 0.3 is 0 Å². The molecule has 0 aliphatic carbocycles. The van der Waals surface area contributed by atoms with Crippen molar-refractivity contribution in [1.82, 2.24) is 0 Å². The lowest BCUT2D eigenvalue weighted by atomic mass is 9.85. The van der Waals surface area contributed by atoms with Crippen LogP contribution in [0.4, 0.5) is 5.69 Å². The van der Waals surface area contributed by atoms with Crippen molar-refractivity contribution in [2.75, 3.05) is 18.0 Å². The number of carbonyl (C=O) groups is 1. The predicted octanol–water partition coefficient (Wildman–Crippen LogP) is 3.68. The number of benzene rings is 2. The number of amides is 1. The van der Waals surface area contributed by atoms with Crippen LogP contribution in [0.5, 0.6) is 5.75 Å². The Bertz CT molecular complexity index is 967. The van der Waals surface area contributed by atoms with Crippen LogP contribution in [0.15, 0.2) is 41.3 Å². The number of hydrogen-bond donors (Lipinski definition) is 1. The molecule has 158 valence electrons. The van der Waals surface area contributed by atoms with Crippen LogP contribution in [0.3, 0.4) is 0 Å². The van der Waals surface area contributed by atoms with Gasteiger partial charge < -0.3 is 10.5 Å². The van der Waals surface area contributed by atoms with E-state index in [0.29, 0.717) is 22.6 Å². The van der Waals surface area contributed by atoms with Gasteiger partial charge in [0.15, 0.2) is 0 Å². The van der Waals surface area contributed by atoms with Crippen molar-refractivity contribution < 1.29 is 17.9 Å². The van der Waals surface area contributed by atoms with E-state index in [2.05, 4.69) is 20.8 Å². The maximum Gasteiger partial charge on any atom is 0.264 e. The third-order valence-electron chi connectivity index (χ3n) is 4.80. The fourth-order valence-corrected chi connectivity index (χ4v) is 5.13. The van der Waals surface area contributed by atoms with Crippen molar-refractivity contribution >= 4 is 21.6 Å². The number of methoxy groups -OCH3 is 1. The second-order valence-electron chi connectivity index (χ2n) is 8.18. The molecule has 1 amide bonds. The summed E-state index contributed by atoms with van der Waals surface area (Å²) in [5.74, 6) is 0.0538. The van der Waals surface area contributed by atoms with Crippen LogP contribution in [0.2, 0.25) is 0 Å². The Morgan fingerprint density at radius 2 is 1.59 bits per heavy atom. The summed E-state index contributed by atoms with van der Waals surface area (Å²) in [7, 11) is -2.37. The van der Waals surface area contributed by atoms with Gasteiger partial charge in [-0.2, -0.15) is 0 Å². The van der Waals surface area contributed by atoms with Gasteiger partial charge in [0.1, 0.15) is 5.75 Å². The summed E-state index contributed by atoms with van der Waals surface area (Å²) >= 11 is 0. The zero-order chi connectivity index (χ0) is 22.0. The first-order chi connectivity index (χ1) is 13.4. The van der Waals surface area contributed by atoms with Gasteiger partial charge in [0.25, 0.3) is 10.0 Å². The third-order valence-corrected chi connectivity index (χ3v) is 6.93. The van der Waals surface area contributed by atoms with Crippen molar-refractivity contribution in [1.29, 1.82) is 0 Å². The molecule has 0 radical (unpaired) electrons. The molecule has 0 fully saturated rings. The smallest absolute Gasteiger partial charge is 0.264 e. The highest BCUT2D eigenvalue weighted by molar-refractivity contribution is 7.93. The zero-order valence-corrected chi connectivity index (χ0v) is 18.8. The molecule has 0 aromatic heterocycles. The number of rotatable bonds is 7. The van der Waals surface area contributed by atoms with Crippen LogP contribution < -0.4 is 14.8 Å². The third kappa shape index (κ3) is 5.09. The van der Waals surface area contributed by atoms with Gasteiger partial charge in [0.2, 0.25) is 5.91 Å². The Hall–Kier alpha value is -2.54. The second-order valence-corrected chi connectivity index (χ2v) is 9.98. The molecule has 2 N–H and O–H groups in total. The largest absolute Gasteiger partial charge is 0.497 e. The first kappa shape index (κ1) is 22.7. The van der Waals surface area contributed by atoms with Crippen LogP contribution in [0.25, 0.3) is 0 Å². The average Bonchev–Trinajstić information content (AvgIpc) is 2.60. The van der Waals surface area contributed by atoms with Crippen LogP contribution >= 0.6 is 0 Å². The number of nitrogens with zero attached hydrogens (tertiary/aromatic N) is 1. The summed E-state index contributed by atoms with van der Waals surface area (Å²) in [6, 6.07) is 10.5. The molecular formula is C22H30N2O4S. The molecule has 6 nitrogen and oxygen atoms in total. The molecule has 0 spiro atoms. The zero-order valence-electron chi connectivity index (χ0n) is 17.9. The lowest BCUT2D eigenvalue weighted by Gasteiger charge is -2.27. The molecule has 0 unspecified atom stereocenters. The van der Waals surface area contributed by atoms with Crippen molar-refractivity contribution in [3.63, 3.8) is 0 Å². The number of ether oxygens (including phenoxy) is 1. The van der Waals surface area contributed by atoms with E-state index in [9.17, 15) is 13.2 Å². The number of sulfonamides is 1. The van der Waals surface area contributed by atoms with E-state index < -0.39 is 15.9 Å². The molecule has 2 aromatic rings. The number of carbonyl (C=O) groups excluding carboxylic acids is 1. The molecule has 0 aliphatic heterocycles. The summed E-state index contributed by atoms with van der Waals surface area (Å²) in [4.78, 5) is 11.6. The minimum atomic E-state index is -3.91. The lowest BCUT2D eigenvalue weighted by molar-refractivity contribution is -0.117. The normalized spacial score (nSPS) is 11.9. The summed E-state index contributed by atoms with van der Waals surface area (Å²) in [6.45, 7) is 9.83. The van der Waals surface area contributed by atoms with Crippen LogP contribution in [-0.2, 0) is 20.2 Å². The standard InChI is InChI=1S/C22H30N2O4S/c1-15-13-17(22(3,4)5)14-16(2)21(15)29(26,27)24(12-11-20(23)25)18-7-9-19(28-6)10-8-18/h7-10,13-14H,11-12H2,1-6H3,(H2,23,25). The molecule has 2 aromatic carbocycles. The van der Waals surface area contributed by atoms with E-state index in [-0.39, 0.29) is 23.3 Å². The maximum atomic E-state index is 13.6. The molecule has 29 heavy (non-hydrogen) atoms. The Kier molecular flexibility index (Phi) is 6.63. The highest BCUT2D eigenvalue weighted by Gasteiger charge is 2.30. The minimum Gasteiger partial charge on any atom is -0.497 e. The van der Waals surface area contributed by atoms with Gasteiger partial charge in [0.05, 0.1) is 17.7 Å². The van der Waals surface area contributed by atoms with Gasteiger partial charge in [-0.1, -0.05) is 32.9 Å². The fourth-order valence-electron chi connectivity index (χ4n) is 3.25. The van der Waals surface area contributed by atoms with E-state index in [1.807, 2.05) is 12.1 Å². The van der Waals surface area contributed by atoms with E-state index in [0.717, 1.165) is 5.56 Å². The number of primary amides is 1. The maximum absolute atomic E-state index is 13.6. The Morgan fingerprint density at radius 3 is 2.00 bits per heavy atom. The number of aryl methyl sites for hydroxylation is 2. The van der Waals surface area contributed by atoms with Crippen LogP contribution in [0.1, 0.15) is 43.9 Å². The van der Waals surface area contributed by atoms with Crippen molar-refractivity contribution in [2.24, 2.45) is 5.73 Å². The molecular weight excluding hydrogens is 388 g/mol. The molecule has 0 heterocycles. The quantitative estimate of drug-likeness (QED) is 0.743. The van der Waals surface area contributed by atoms with Gasteiger partial charge in [-0.3, -0.25) is 9.10 Å². The van der Waals surface area contributed by atoms with Crippen LogP contribution in [-0.4, -0.2) is 28.0 Å².